The molecule has 1 N–H and O–H groups in total. The normalized spacial score (nSPS) is 14.1. The van der Waals surface area contributed by atoms with E-state index >= 15 is 0 Å². The Morgan fingerprint density at radius 3 is 2.49 bits per heavy atom. The van der Waals surface area contributed by atoms with E-state index in [4.69, 9.17) is 4.74 Å². The fraction of sp³-hybridized carbons (Fsp3) is 0.0833. The summed E-state index contributed by atoms with van der Waals surface area (Å²) in [5, 5.41) is 14.1. The second kappa shape index (κ2) is 10.8. The SMILES string of the molecule is CC(=O)Oc1ccc(C=C2Sc3cc(S(=O)(=O)Cc4c(Br)cccc4Br)ccc3NC2=O)cc1[N+](=O)[O-]. The summed E-state index contributed by atoms with van der Waals surface area (Å²) < 4.78 is 32.6. The van der Waals surface area contributed by atoms with Gasteiger partial charge >= 0.3 is 11.7 Å². The van der Waals surface area contributed by atoms with E-state index in [2.05, 4.69) is 37.2 Å². The third kappa shape index (κ3) is 6.12. The summed E-state index contributed by atoms with van der Waals surface area (Å²) >= 11 is 7.82. The second-order valence-electron chi connectivity index (χ2n) is 7.76. The molecule has 0 bridgehead atoms. The Kier molecular flexibility index (Phi) is 7.88. The molecule has 0 atom stereocenters. The molecule has 0 radical (unpaired) electrons. The Morgan fingerprint density at radius 2 is 1.84 bits per heavy atom. The Balaban J connectivity index is 1.65. The molecule has 1 heterocycles. The second-order valence-corrected chi connectivity index (χ2v) is 12.5. The standard InChI is InChI=1S/C24H16Br2N2O7S2/c1-13(29)35-21-8-5-14(9-20(21)28(31)32)10-23-24(30)27-19-7-6-15(11-22(19)36-23)37(33,34)12-16-17(25)3-2-4-18(16)26/h2-11H,12H2,1H3,(H,27,30). The van der Waals surface area contributed by atoms with Gasteiger partial charge in [-0.25, -0.2) is 8.42 Å². The molecule has 0 unspecified atom stereocenters. The molecule has 0 spiro atoms. The van der Waals surface area contributed by atoms with Crippen molar-refractivity contribution in [3.05, 3.63) is 89.7 Å². The number of carbonyl (C=O) groups is 2. The van der Waals surface area contributed by atoms with Crippen LogP contribution in [0.3, 0.4) is 0 Å². The maximum absolute atomic E-state index is 13.2. The van der Waals surface area contributed by atoms with Crippen molar-refractivity contribution in [2.45, 2.75) is 22.5 Å². The van der Waals surface area contributed by atoms with Gasteiger partial charge in [0.2, 0.25) is 5.75 Å². The van der Waals surface area contributed by atoms with Crippen molar-refractivity contribution in [1.82, 2.24) is 0 Å². The molecule has 1 amide bonds. The lowest BCUT2D eigenvalue weighted by Crippen LogP contribution is -2.17. The molecule has 9 nitrogen and oxygen atoms in total. The number of anilines is 1. The number of hydrogen-bond donors (Lipinski definition) is 1. The quantitative estimate of drug-likeness (QED) is 0.110. The highest BCUT2D eigenvalue weighted by atomic mass is 79.9. The number of fused-ring (bicyclic) bond motifs is 1. The Bertz CT molecular complexity index is 1580. The molecular formula is C24H16Br2N2O7S2. The first-order valence-electron chi connectivity index (χ1n) is 10.4. The zero-order valence-electron chi connectivity index (χ0n) is 18.9. The van der Waals surface area contributed by atoms with E-state index in [1.807, 2.05) is 0 Å². The molecule has 1 aliphatic rings. The van der Waals surface area contributed by atoms with Gasteiger partial charge in [0, 0.05) is 26.8 Å². The fourth-order valence-electron chi connectivity index (χ4n) is 3.43. The van der Waals surface area contributed by atoms with Crippen LogP contribution < -0.4 is 10.1 Å². The lowest BCUT2D eigenvalue weighted by molar-refractivity contribution is -0.385. The van der Waals surface area contributed by atoms with Gasteiger partial charge in [-0.05, 0) is 53.6 Å². The summed E-state index contributed by atoms with van der Waals surface area (Å²) in [5.41, 5.74) is 0.925. The molecule has 4 rings (SSSR count). The Morgan fingerprint density at radius 1 is 1.14 bits per heavy atom. The Labute approximate surface area is 232 Å². The highest BCUT2D eigenvalue weighted by Gasteiger charge is 2.26. The van der Waals surface area contributed by atoms with Crippen LogP contribution in [0.5, 0.6) is 5.75 Å². The summed E-state index contributed by atoms with van der Waals surface area (Å²) in [7, 11) is -3.73. The Hall–Kier alpha value is -3.00. The van der Waals surface area contributed by atoms with E-state index in [0.29, 0.717) is 30.7 Å². The van der Waals surface area contributed by atoms with Gasteiger partial charge in [-0.1, -0.05) is 55.8 Å². The van der Waals surface area contributed by atoms with Crippen molar-refractivity contribution in [3.8, 4) is 5.75 Å². The number of rotatable bonds is 6. The van der Waals surface area contributed by atoms with Crippen LogP contribution in [0, 0.1) is 10.1 Å². The van der Waals surface area contributed by atoms with Crippen LogP contribution >= 0.6 is 43.6 Å². The highest BCUT2D eigenvalue weighted by molar-refractivity contribution is 9.11. The van der Waals surface area contributed by atoms with Gasteiger partial charge in [-0.15, -0.1) is 0 Å². The first kappa shape index (κ1) is 27.0. The van der Waals surface area contributed by atoms with Crippen molar-refractivity contribution >= 4 is 82.8 Å². The first-order valence-corrected chi connectivity index (χ1v) is 14.5. The number of nitro groups is 1. The van der Waals surface area contributed by atoms with Crippen molar-refractivity contribution < 1.29 is 27.7 Å². The number of nitro benzene ring substituents is 1. The number of amides is 1. The number of sulfone groups is 1. The van der Waals surface area contributed by atoms with Crippen LogP contribution in [0.25, 0.3) is 6.08 Å². The summed E-state index contributed by atoms with van der Waals surface area (Å²) in [4.78, 5) is 35.4. The summed E-state index contributed by atoms with van der Waals surface area (Å²) in [6.45, 7) is 1.13. The minimum atomic E-state index is -3.73. The minimum absolute atomic E-state index is 0.0817. The van der Waals surface area contributed by atoms with Gasteiger partial charge in [-0.2, -0.15) is 0 Å². The average molecular weight is 668 g/mol. The molecule has 3 aromatic rings. The molecule has 0 fully saturated rings. The number of esters is 1. The maximum Gasteiger partial charge on any atom is 0.312 e. The molecule has 0 saturated carbocycles. The number of ether oxygens (including phenoxy) is 1. The number of nitrogens with zero attached hydrogens (tertiary/aromatic N) is 1. The fourth-order valence-corrected chi connectivity index (χ4v) is 7.58. The molecule has 13 heteroatoms. The van der Waals surface area contributed by atoms with Crippen LogP contribution in [-0.2, 0) is 25.2 Å². The molecule has 190 valence electrons. The van der Waals surface area contributed by atoms with Gasteiger partial charge in [0.25, 0.3) is 5.91 Å². The molecule has 0 aromatic heterocycles. The van der Waals surface area contributed by atoms with Crippen LogP contribution in [-0.4, -0.2) is 25.2 Å². The van der Waals surface area contributed by atoms with Gasteiger partial charge in [0.05, 0.1) is 26.2 Å². The van der Waals surface area contributed by atoms with E-state index < -0.39 is 32.3 Å². The first-order chi connectivity index (χ1) is 17.4. The van der Waals surface area contributed by atoms with Gasteiger partial charge in [0.1, 0.15) is 0 Å². The summed E-state index contributed by atoms with van der Waals surface area (Å²) in [5.74, 6) is -1.61. The number of halogens is 2. The zero-order valence-corrected chi connectivity index (χ0v) is 23.7. The summed E-state index contributed by atoms with van der Waals surface area (Å²) in [6.07, 6.45) is 1.44. The minimum Gasteiger partial charge on any atom is -0.419 e. The van der Waals surface area contributed by atoms with Crippen molar-refractivity contribution in [2.75, 3.05) is 5.32 Å². The predicted molar refractivity (Wildman–Crippen MR) is 146 cm³/mol. The maximum atomic E-state index is 13.2. The van der Waals surface area contributed by atoms with Gasteiger partial charge in [0.15, 0.2) is 9.84 Å². The van der Waals surface area contributed by atoms with E-state index in [0.717, 1.165) is 18.7 Å². The van der Waals surface area contributed by atoms with E-state index in [1.54, 1.807) is 18.2 Å². The largest absolute Gasteiger partial charge is 0.419 e. The van der Waals surface area contributed by atoms with E-state index in [1.165, 1.54) is 42.5 Å². The third-order valence-electron chi connectivity index (χ3n) is 5.13. The summed E-state index contributed by atoms with van der Waals surface area (Å²) in [6, 6.07) is 13.7. The number of benzene rings is 3. The third-order valence-corrected chi connectivity index (χ3v) is 9.34. The predicted octanol–water partition coefficient (Wildman–Crippen LogP) is 6.10. The number of nitrogens with one attached hydrogen (secondary N) is 1. The number of hydrogen-bond acceptors (Lipinski definition) is 8. The molecule has 37 heavy (non-hydrogen) atoms. The lowest BCUT2D eigenvalue weighted by Gasteiger charge is -2.19. The van der Waals surface area contributed by atoms with Crippen LogP contribution in [0.4, 0.5) is 11.4 Å². The average Bonchev–Trinajstić information content (AvgIpc) is 2.82. The topological polar surface area (TPSA) is 133 Å². The molecular weight excluding hydrogens is 652 g/mol. The number of thioether (sulfide) groups is 1. The zero-order chi connectivity index (χ0) is 26.9. The van der Waals surface area contributed by atoms with E-state index in [9.17, 15) is 28.1 Å². The van der Waals surface area contributed by atoms with Crippen molar-refractivity contribution in [2.24, 2.45) is 0 Å². The van der Waals surface area contributed by atoms with Crippen LogP contribution in [0.2, 0.25) is 0 Å². The number of carbonyl (C=O) groups excluding carboxylic acids is 2. The smallest absolute Gasteiger partial charge is 0.312 e. The van der Waals surface area contributed by atoms with Crippen molar-refractivity contribution in [1.29, 1.82) is 0 Å². The molecule has 3 aromatic carbocycles. The monoisotopic (exact) mass is 666 g/mol. The van der Waals surface area contributed by atoms with Gasteiger partial charge < -0.3 is 10.1 Å². The highest BCUT2D eigenvalue weighted by Crippen LogP contribution is 2.41. The molecule has 0 saturated heterocycles. The van der Waals surface area contributed by atoms with Crippen molar-refractivity contribution in [3.63, 3.8) is 0 Å². The van der Waals surface area contributed by atoms with Gasteiger partial charge in [-0.3, -0.25) is 19.7 Å². The molecule has 0 aliphatic carbocycles. The van der Waals surface area contributed by atoms with Crippen LogP contribution in [0.1, 0.15) is 18.1 Å². The lowest BCUT2D eigenvalue weighted by atomic mass is 10.1. The molecule has 1 aliphatic heterocycles. The van der Waals surface area contributed by atoms with Crippen LogP contribution in [0.15, 0.2) is 78.2 Å². The van der Waals surface area contributed by atoms with E-state index in [-0.39, 0.29) is 21.3 Å².